The van der Waals surface area contributed by atoms with Crippen LogP contribution in [-0.2, 0) is 19.1 Å². The van der Waals surface area contributed by atoms with E-state index in [-0.39, 0.29) is 24.1 Å². The van der Waals surface area contributed by atoms with Crippen LogP contribution in [0.1, 0.15) is 300 Å². The molecule has 0 aliphatic heterocycles. The Morgan fingerprint density at radius 3 is 1.27 bits per heavy atom. The summed E-state index contributed by atoms with van der Waals surface area (Å²) in [5.74, 6) is 10.4. The predicted molar refractivity (Wildman–Crippen MR) is 329 cm³/mol. The van der Waals surface area contributed by atoms with E-state index < -0.39 is 0 Å². The normalized spacial score (nSPS) is 37.0. The van der Waals surface area contributed by atoms with Gasteiger partial charge in [-0.3, -0.25) is 9.59 Å². The second-order valence-corrected chi connectivity index (χ2v) is 30.7. The van der Waals surface area contributed by atoms with Gasteiger partial charge in [0, 0.05) is 25.7 Å². The van der Waals surface area contributed by atoms with Gasteiger partial charge in [-0.1, -0.05) is 181 Å². The average Bonchev–Trinajstić information content (AvgIpc) is 4.10. The Morgan fingerprint density at radius 2 is 0.859 bits per heavy atom. The Kier molecular flexibility index (Phi) is 22.6. The zero-order valence-corrected chi connectivity index (χ0v) is 52.6. The van der Waals surface area contributed by atoms with Gasteiger partial charge < -0.3 is 9.47 Å². The minimum Gasteiger partial charge on any atom is -0.462 e. The number of unbranched alkanes of at least 4 members (excludes halogenated alkanes) is 9. The SMILES string of the molecule is CC(C)CCC[C@@H](C)[C@H]1CC[C@H]2[C@@H]3CC=C4C[C@@H](OC(=O)CCCCCC/C=C/CC/C=C/CCCCCCC(=O)O[C@H]5CC[C@@]6(C)C(=CC[C@H]7[C@@H]8CC[C@H]([C@H](C)CCCC(C)C)[C@@]8(C)CC[C@@H]76)C5)CC[C@]4(C)[C@H]3CC[C@]12C. The van der Waals surface area contributed by atoms with E-state index in [9.17, 15) is 9.59 Å². The molecule has 0 amide bonds. The number of rotatable bonds is 29. The van der Waals surface area contributed by atoms with Crippen LogP contribution in [0.5, 0.6) is 0 Å². The number of fused-ring (bicyclic) bond motifs is 10. The summed E-state index contributed by atoms with van der Waals surface area (Å²) in [5.41, 5.74) is 4.95. The van der Waals surface area contributed by atoms with Crippen molar-refractivity contribution in [1.29, 1.82) is 0 Å². The molecule has 0 bridgehead atoms. The van der Waals surface area contributed by atoms with Crippen LogP contribution in [0.2, 0.25) is 0 Å². The molecular weight excluding hydrogens is 953 g/mol. The summed E-state index contributed by atoms with van der Waals surface area (Å²) in [7, 11) is 0. The molecule has 0 spiro atoms. The van der Waals surface area contributed by atoms with Crippen molar-refractivity contribution >= 4 is 11.9 Å². The molecular formula is C74H122O4. The minimum atomic E-state index is 0.0351. The number of carbonyl (C=O) groups is 2. The van der Waals surface area contributed by atoms with Crippen molar-refractivity contribution in [2.45, 2.75) is 313 Å². The van der Waals surface area contributed by atoms with Crippen LogP contribution in [0.4, 0.5) is 0 Å². The largest absolute Gasteiger partial charge is 0.462 e. The first-order valence-electron chi connectivity index (χ1n) is 34.5. The minimum absolute atomic E-state index is 0.0351. The fraction of sp³-hybridized carbons (Fsp3) is 0.865. The van der Waals surface area contributed by atoms with Crippen LogP contribution in [0.3, 0.4) is 0 Å². The second kappa shape index (κ2) is 28.5. The molecule has 0 aromatic rings. The molecule has 0 radical (unpaired) electrons. The summed E-state index contributed by atoms with van der Waals surface area (Å²) in [5, 5.41) is 0. The third kappa shape index (κ3) is 14.8. The molecule has 4 nitrogen and oxygen atoms in total. The average molecular weight is 1080 g/mol. The highest BCUT2D eigenvalue weighted by atomic mass is 16.5. The molecule has 6 fully saturated rings. The Balaban J connectivity index is 0.609. The van der Waals surface area contributed by atoms with Gasteiger partial charge in [0.2, 0.25) is 0 Å². The molecule has 0 N–H and O–H groups in total. The lowest BCUT2D eigenvalue weighted by molar-refractivity contribution is -0.152. The van der Waals surface area contributed by atoms with Crippen molar-refractivity contribution in [3.63, 3.8) is 0 Å². The van der Waals surface area contributed by atoms with Crippen LogP contribution in [0, 0.1) is 92.7 Å². The summed E-state index contributed by atoms with van der Waals surface area (Å²) < 4.78 is 12.4. The summed E-state index contributed by atoms with van der Waals surface area (Å²) >= 11 is 0. The first kappa shape index (κ1) is 62.0. The predicted octanol–water partition coefficient (Wildman–Crippen LogP) is 21.5. The molecule has 442 valence electrons. The lowest BCUT2D eigenvalue weighted by atomic mass is 9.47. The first-order chi connectivity index (χ1) is 37.5. The Labute approximate surface area is 481 Å². The van der Waals surface area contributed by atoms with E-state index in [4.69, 9.17) is 9.47 Å². The van der Waals surface area contributed by atoms with E-state index in [0.717, 1.165) is 148 Å². The van der Waals surface area contributed by atoms with Gasteiger partial charge in [0.1, 0.15) is 12.2 Å². The highest BCUT2D eigenvalue weighted by molar-refractivity contribution is 5.70. The van der Waals surface area contributed by atoms with E-state index in [0.29, 0.717) is 34.5 Å². The zero-order chi connectivity index (χ0) is 55.5. The quantitative estimate of drug-likeness (QED) is 0.0426. The van der Waals surface area contributed by atoms with Gasteiger partial charge in [-0.25, -0.2) is 0 Å². The molecule has 8 aliphatic rings. The van der Waals surface area contributed by atoms with Gasteiger partial charge in [0.25, 0.3) is 0 Å². The maximum atomic E-state index is 13.0. The second-order valence-electron chi connectivity index (χ2n) is 30.7. The van der Waals surface area contributed by atoms with Crippen molar-refractivity contribution in [3.8, 4) is 0 Å². The van der Waals surface area contributed by atoms with Crippen LogP contribution < -0.4 is 0 Å². The molecule has 0 heterocycles. The van der Waals surface area contributed by atoms with Crippen molar-refractivity contribution in [2.24, 2.45) is 92.7 Å². The molecule has 0 saturated heterocycles. The topological polar surface area (TPSA) is 52.6 Å². The van der Waals surface area contributed by atoms with Gasteiger partial charge in [0.05, 0.1) is 0 Å². The Morgan fingerprint density at radius 1 is 0.462 bits per heavy atom. The number of esters is 2. The van der Waals surface area contributed by atoms with Crippen molar-refractivity contribution in [3.05, 3.63) is 47.6 Å². The molecule has 4 heteroatoms. The molecule has 8 rings (SSSR count). The van der Waals surface area contributed by atoms with Crippen molar-refractivity contribution in [2.75, 3.05) is 0 Å². The number of allylic oxidation sites excluding steroid dienone is 6. The summed E-state index contributed by atoms with van der Waals surface area (Å²) in [6.45, 7) is 25.3. The van der Waals surface area contributed by atoms with Crippen LogP contribution >= 0.6 is 0 Å². The Bertz CT molecular complexity index is 1880. The number of hydrogen-bond acceptors (Lipinski definition) is 4. The summed E-state index contributed by atoms with van der Waals surface area (Å²) in [4.78, 5) is 26.0. The maximum absolute atomic E-state index is 13.0. The fourth-order valence-electron chi connectivity index (χ4n) is 20.4. The smallest absolute Gasteiger partial charge is 0.306 e. The zero-order valence-electron chi connectivity index (χ0n) is 52.6. The van der Waals surface area contributed by atoms with Gasteiger partial charge in [-0.15, -0.1) is 0 Å². The third-order valence-corrected chi connectivity index (χ3v) is 25.0. The molecule has 16 atom stereocenters. The van der Waals surface area contributed by atoms with Gasteiger partial charge in [-0.2, -0.15) is 0 Å². The van der Waals surface area contributed by atoms with Gasteiger partial charge in [0.15, 0.2) is 0 Å². The van der Waals surface area contributed by atoms with E-state index >= 15 is 0 Å². The number of carbonyl (C=O) groups excluding carboxylic acids is 2. The lowest BCUT2D eigenvalue weighted by Crippen LogP contribution is -2.51. The molecule has 6 saturated carbocycles. The molecule has 0 aromatic heterocycles. The number of ether oxygens (including phenoxy) is 2. The number of hydrogen-bond donors (Lipinski definition) is 0. The van der Waals surface area contributed by atoms with Crippen molar-refractivity contribution < 1.29 is 19.1 Å². The first-order valence-corrected chi connectivity index (χ1v) is 34.5. The third-order valence-electron chi connectivity index (χ3n) is 25.0. The van der Waals surface area contributed by atoms with Crippen LogP contribution in [-0.4, -0.2) is 24.1 Å². The van der Waals surface area contributed by atoms with Gasteiger partial charge >= 0.3 is 11.9 Å². The monoisotopic (exact) mass is 1070 g/mol. The standard InChI is InChI=1S/C74H122O4/c1-53(2)29-27-31-55(5)63-39-41-65-61-37-35-57-51-59(43-47-71(57,7)67(61)45-49-73(63,65)9)77-69(75)33-25-23-21-19-17-15-13-11-12-14-16-18-20-22-24-26-34-70(76)78-60-44-48-72(8)58(52-60)36-38-62-66-42-40-64(56(6)32-28-30-54(3)4)74(66,10)50-46-68(62)72/h13-16,35-36,53-56,59-68H,11-12,17-34,37-52H2,1-10H3/b15-13+,16-14+/t55-,56-,59+,60+,61+,62+,63-,64-,65+,66+,67+,68+,71+,72+,73-,74-/m1/s1. The maximum Gasteiger partial charge on any atom is 0.306 e. The summed E-state index contributed by atoms with van der Waals surface area (Å²) in [6, 6.07) is 0. The molecule has 0 unspecified atom stereocenters. The molecule has 78 heavy (non-hydrogen) atoms. The molecule has 0 aromatic carbocycles. The van der Waals surface area contributed by atoms with E-state index in [1.54, 1.807) is 11.1 Å². The lowest BCUT2D eigenvalue weighted by Gasteiger charge is -2.58. The fourth-order valence-corrected chi connectivity index (χ4v) is 20.4. The van der Waals surface area contributed by atoms with Gasteiger partial charge in [-0.05, 0) is 234 Å². The highest BCUT2D eigenvalue weighted by Gasteiger charge is 2.61. The van der Waals surface area contributed by atoms with E-state index in [2.05, 4.69) is 106 Å². The Hall–Kier alpha value is -2.10. The molecule has 8 aliphatic carbocycles. The van der Waals surface area contributed by atoms with E-state index in [1.165, 1.54) is 141 Å². The summed E-state index contributed by atoms with van der Waals surface area (Å²) in [6.07, 6.45) is 58.3. The highest BCUT2D eigenvalue weighted by Crippen LogP contribution is 2.69. The van der Waals surface area contributed by atoms with E-state index in [1.807, 2.05) is 0 Å². The van der Waals surface area contributed by atoms with Crippen LogP contribution in [0.25, 0.3) is 0 Å². The van der Waals surface area contributed by atoms with Crippen molar-refractivity contribution in [1.82, 2.24) is 0 Å². The van der Waals surface area contributed by atoms with Crippen LogP contribution in [0.15, 0.2) is 47.6 Å².